The van der Waals surface area contributed by atoms with E-state index in [0.717, 1.165) is 30.1 Å². The van der Waals surface area contributed by atoms with E-state index in [9.17, 15) is 9.18 Å². The van der Waals surface area contributed by atoms with Gasteiger partial charge >= 0.3 is 5.97 Å². The Morgan fingerprint density at radius 2 is 1.56 bits per heavy atom. The summed E-state index contributed by atoms with van der Waals surface area (Å²) in [4.78, 5) is 12.3. The van der Waals surface area contributed by atoms with Crippen LogP contribution in [-0.4, -0.2) is 19.2 Å². The number of unbranched alkanes of at least 4 members (excludes halogenated alkanes) is 2. The molecule has 1 fully saturated rings. The van der Waals surface area contributed by atoms with E-state index >= 15 is 0 Å². The molecule has 0 saturated heterocycles. The minimum atomic E-state index is -0.614. The Bertz CT molecular complexity index is 880. The van der Waals surface area contributed by atoms with Gasteiger partial charge in [-0.25, -0.2) is 9.18 Å². The number of carbonyl (C=O) groups excluding carboxylic acids is 1. The molecular formula is C29H39FO4. The van der Waals surface area contributed by atoms with Gasteiger partial charge in [-0.1, -0.05) is 58.3 Å². The SMILES string of the molecule is CCCCCC1CCCCC1CCCOc1ccc(OC(=O)c2ccc(OCC)c(F)c2)cc1. The highest BCUT2D eigenvalue weighted by atomic mass is 19.1. The molecule has 1 aliphatic rings. The molecule has 4 nitrogen and oxygen atoms in total. The fourth-order valence-electron chi connectivity index (χ4n) is 4.91. The number of ether oxygens (including phenoxy) is 3. The van der Waals surface area contributed by atoms with Gasteiger partial charge in [-0.2, -0.15) is 0 Å². The molecule has 5 heteroatoms. The van der Waals surface area contributed by atoms with Crippen molar-refractivity contribution in [3.8, 4) is 17.2 Å². The Labute approximate surface area is 203 Å². The molecule has 2 atom stereocenters. The molecular weight excluding hydrogens is 431 g/mol. The first-order chi connectivity index (χ1) is 16.6. The second-order valence-electron chi connectivity index (χ2n) is 9.23. The second kappa shape index (κ2) is 14.0. The van der Waals surface area contributed by atoms with E-state index in [2.05, 4.69) is 6.92 Å². The molecule has 0 spiro atoms. The van der Waals surface area contributed by atoms with Crippen LogP contribution in [0.25, 0.3) is 0 Å². The van der Waals surface area contributed by atoms with Crippen LogP contribution in [0.4, 0.5) is 4.39 Å². The van der Waals surface area contributed by atoms with Gasteiger partial charge in [0.05, 0.1) is 18.8 Å². The van der Waals surface area contributed by atoms with Gasteiger partial charge in [-0.15, -0.1) is 0 Å². The van der Waals surface area contributed by atoms with E-state index in [1.54, 1.807) is 31.2 Å². The van der Waals surface area contributed by atoms with Crippen LogP contribution in [0.2, 0.25) is 0 Å². The summed E-state index contributed by atoms with van der Waals surface area (Å²) in [6, 6.07) is 11.1. The van der Waals surface area contributed by atoms with Gasteiger partial charge in [-0.05, 0) is 74.1 Å². The number of carbonyl (C=O) groups is 1. The minimum Gasteiger partial charge on any atom is -0.494 e. The molecule has 0 heterocycles. The van der Waals surface area contributed by atoms with Gasteiger partial charge < -0.3 is 14.2 Å². The summed E-state index contributed by atoms with van der Waals surface area (Å²) >= 11 is 0. The van der Waals surface area contributed by atoms with E-state index in [4.69, 9.17) is 14.2 Å². The van der Waals surface area contributed by atoms with E-state index < -0.39 is 11.8 Å². The highest BCUT2D eigenvalue weighted by molar-refractivity contribution is 5.91. The first-order valence-electron chi connectivity index (χ1n) is 13.0. The minimum absolute atomic E-state index is 0.121. The highest BCUT2D eigenvalue weighted by Gasteiger charge is 2.24. The highest BCUT2D eigenvalue weighted by Crippen LogP contribution is 2.36. The van der Waals surface area contributed by atoms with Crippen molar-refractivity contribution in [1.29, 1.82) is 0 Å². The number of rotatable bonds is 13. The lowest BCUT2D eigenvalue weighted by Gasteiger charge is -2.31. The standard InChI is InChI=1S/C29H39FO4/c1-3-5-6-10-22-11-7-8-12-23(22)13-9-20-33-25-15-17-26(18-16-25)34-29(31)24-14-19-28(32-4-2)27(30)21-24/h14-19,21-23H,3-13,20H2,1-2H3. The Morgan fingerprint density at radius 1 is 0.882 bits per heavy atom. The Balaban J connectivity index is 1.41. The zero-order valence-electron chi connectivity index (χ0n) is 20.7. The summed E-state index contributed by atoms with van der Waals surface area (Å²) in [5, 5.41) is 0. The molecule has 34 heavy (non-hydrogen) atoms. The van der Waals surface area contributed by atoms with Crippen molar-refractivity contribution < 1.29 is 23.4 Å². The monoisotopic (exact) mass is 470 g/mol. The summed E-state index contributed by atoms with van der Waals surface area (Å²) in [5.74, 6) is 1.83. The zero-order chi connectivity index (χ0) is 24.2. The lowest BCUT2D eigenvalue weighted by atomic mass is 9.74. The van der Waals surface area contributed by atoms with Crippen LogP contribution in [0.5, 0.6) is 17.2 Å². The zero-order valence-corrected chi connectivity index (χ0v) is 20.7. The van der Waals surface area contributed by atoms with Crippen molar-refractivity contribution in [2.24, 2.45) is 11.8 Å². The van der Waals surface area contributed by atoms with Gasteiger partial charge in [0.15, 0.2) is 11.6 Å². The van der Waals surface area contributed by atoms with Gasteiger partial charge in [-0.3, -0.25) is 0 Å². The maximum absolute atomic E-state index is 14.0. The number of benzene rings is 2. The van der Waals surface area contributed by atoms with Crippen molar-refractivity contribution in [3.05, 3.63) is 53.8 Å². The molecule has 3 rings (SSSR count). The van der Waals surface area contributed by atoms with Gasteiger partial charge in [0.25, 0.3) is 0 Å². The fourth-order valence-corrected chi connectivity index (χ4v) is 4.91. The molecule has 0 aliphatic heterocycles. The predicted octanol–water partition coefficient (Wildman–Crippen LogP) is 7.99. The average Bonchev–Trinajstić information content (AvgIpc) is 2.85. The van der Waals surface area contributed by atoms with Crippen LogP contribution in [0.3, 0.4) is 0 Å². The maximum atomic E-state index is 14.0. The van der Waals surface area contributed by atoms with Crippen LogP contribution in [0.1, 0.15) is 88.4 Å². The quantitative estimate of drug-likeness (QED) is 0.169. The molecule has 2 unspecified atom stereocenters. The Hall–Kier alpha value is -2.56. The van der Waals surface area contributed by atoms with E-state index in [1.165, 1.54) is 69.9 Å². The topological polar surface area (TPSA) is 44.8 Å². The third kappa shape index (κ3) is 8.03. The van der Waals surface area contributed by atoms with Gasteiger partial charge in [0.2, 0.25) is 0 Å². The van der Waals surface area contributed by atoms with Crippen LogP contribution in [0.15, 0.2) is 42.5 Å². The molecule has 2 aromatic rings. The summed E-state index contributed by atoms with van der Waals surface area (Å²) in [5.41, 5.74) is 0.136. The summed E-state index contributed by atoms with van der Waals surface area (Å²) in [6.07, 6.45) is 13.3. The van der Waals surface area contributed by atoms with Gasteiger partial charge in [0.1, 0.15) is 11.5 Å². The summed E-state index contributed by atoms with van der Waals surface area (Å²) in [7, 11) is 0. The van der Waals surface area contributed by atoms with Crippen molar-refractivity contribution in [2.45, 2.75) is 78.1 Å². The summed E-state index contributed by atoms with van der Waals surface area (Å²) in [6.45, 7) is 5.10. The molecule has 1 aliphatic carbocycles. The van der Waals surface area contributed by atoms with Gasteiger partial charge in [0, 0.05) is 0 Å². The number of hydrogen-bond donors (Lipinski definition) is 0. The first kappa shape index (κ1) is 26.1. The fraction of sp³-hybridized carbons (Fsp3) is 0.552. The molecule has 0 bridgehead atoms. The molecule has 0 amide bonds. The smallest absolute Gasteiger partial charge is 0.343 e. The van der Waals surface area contributed by atoms with Crippen molar-refractivity contribution >= 4 is 5.97 Å². The van der Waals surface area contributed by atoms with E-state index in [0.29, 0.717) is 19.0 Å². The third-order valence-electron chi connectivity index (χ3n) is 6.73. The van der Waals surface area contributed by atoms with Crippen molar-refractivity contribution in [1.82, 2.24) is 0 Å². The molecule has 186 valence electrons. The number of halogens is 1. The van der Waals surface area contributed by atoms with Crippen LogP contribution in [0, 0.1) is 17.7 Å². The molecule has 1 saturated carbocycles. The van der Waals surface area contributed by atoms with Crippen molar-refractivity contribution in [2.75, 3.05) is 13.2 Å². The molecule has 0 radical (unpaired) electrons. The van der Waals surface area contributed by atoms with Crippen molar-refractivity contribution in [3.63, 3.8) is 0 Å². The first-order valence-corrected chi connectivity index (χ1v) is 13.0. The van der Waals surface area contributed by atoms with E-state index in [-0.39, 0.29) is 11.3 Å². The molecule has 2 aromatic carbocycles. The number of esters is 1. The van der Waals surface area contributed by atoms with E-state index in [1.807, 2.05) is 0 Å². The summed E-state index contributed by atoms with van der Waals surface area (Å²) < 4.78 is 30.4. The lowest BCUT2D eigenvalue weighted by Crippen LogP contribution is -2.20. The maximum Gasteiger partial charge on any atom is 0.343 e. The lowest BCUT2D eigenvalue weighted by molar-refractivity contribution is 0.0734. The Kier molecular flexibility index (Phi) is 10.7. The van der Waals surface area contributed by atoms with Crippen LogP contribution in [-0.2, 0) is 0 Å². The third-order valence-corrected chi connectivity index (χ3v) is 6.73. The number of hydrogen-bond acceptors (Lipinski definition) is 4. The predicted molar refractivity (Wildman–Crippen MR) is 133 cm³/mol. The average molecular weight is 471 g/mol. The second-order valence-corrected chi connectivity index (χ2v) is 9.23. The molecule has 0 N–H and O–H groups in total. The molecule has 0 aromatic heterocycles. The van der Waals surface area contributed by atoms with Crippen LogP contribution >= 0.6 is 0 Å². The normalized spacial score (nSPS) is 17.9. The van der Waals surface area contributed by atoms with Crippen LogP contribution < -0.4 is 14.2 Å². The largest absolute Gasteiger partial charge is 0.494 e. The Morgan fingerprint density at radius 3 is 2.21 bits per heavy atom.